The number of carbonyl (C=O) groups is 1. The molecule has 4 N–H and O–H groups in total. The van der Waals surface area contributed by atoms with Crippen LogP contribution in [0.1, 0.15) is 54.2 Å². The van der Waals surface area contributed by atoms with E-state index in [1.165, 1.54) is 18.4 Å². The number of carbonyl (C=O) groups excluding carboxylic acids is 1. The molecule has 1 unspecified atom stereocenters. The molecule has 0 radical (unpaired) electrons. The molecule has 6 heteroatoms. The van der Waals surface area contributed by atoms with Crippen LogP contribution in [0, 0.1) is 13.8 Å². The van der Waals surface area contributed by atoms with Crippen LogP contribution < -0.4 is 15.8 Å². The first-order valence-corrected chi connectivity index (χ1v) is 9.16. The number of rotatable bonds is 6. The van der Waals surface area contributed by atoms with Gasteiger partial charge in [0.1, 0.15) is 11.8 Å². The first kappa shape index (κ1) is 18.5. The van der Waals surface area contributed by atoms with Crippen molar-refractivity contribution in [1.29, 1.82) is 0 Å². The van der Waals surface area contributed by atoms with Crippen LogP contribution in [-0.2, 0) is 10.2 Å². The normalized spacial score (nSPS) is 17.1. The highest BCUT2D eigenvalue weighted by molar-refractivity contribution is 5.83. The van der Waals surface area contributed by atoms with Crippen LogP contribution in [0.4, 0.5) is 0 Å². The van der Waals surface area contributed by atoms with Crippen molar-refractivity contribution in [3.63, 3.8) is 0 Å². The number of aromatic nitrogens is 2. The molecule has 0 saturated heterocycles. The van der Waals surface area contributed by atoms with E-state index in [0.29, 0.717) is 6.54 Å². The molecule has 1 aromatic carbocycles. The number of aromatic amines is 1. The van der Waals surface area contributed by atoms with Gasteiger partial charge in [0, 0.05) is 23.2 Å². The average molecular weight is 356 g/mol. The Labute approximate surface area is 154 Å². The van der Waals surface area contributed by atoms with Gasteiger partial charge in [-0.05, 0) is 44.4 Å². The summed E-state index contributed by atoms with van der Waals surface area (Å²) in [5.41, 5.74) is 9.83. The number of ether oxygens (including phenoxy) is 1. The van der Waals surface area contributed by atoms with Gasteiger partial charge in [-0.2, -0.15) is 5.10 Å². The van der Waals surface area contributed by atoms with Crippen LogP contribution in [0.3, 0.4) is 0 Å². The van der Waals surface area contributed by atoms with E-state index in [1.54, 1.807) is 7.11 Å². The Hall–Kier alpha value is -2.34. The van der Waals surface area contributed by atoms with Crippen molar-refractivity contribution in [3.8, 4) is 5.75 Å². The fraction of sp³-hybridized carbons (Fsp3) is 0.500. The summed E-state index contributed by atoms with van der Waals surface area (Å²) in [6.07, 6.45) is 4.49. The lowest BCUT2D eigenvalue weighted by atomic mass is 9.78. The second-order valence-corrected chi connectivity index (χ2v) is 7.26. The maximum atomic E-state index is 12.7. The Bertz CT molecular complexity index is 741. The minimum atomic E-state index is -0.705. The van der Waals surface area contributed by atoms with Gasteiger partial charge in [-0.1, -0.05) is 25.0 Å². The molecule has 1 aliphatic rings. The summed E-state index contributed by atoms with van der Waals surface area (Å²) in [7, 11) is 1.67. The zero-order valence-corrected chi connectivity index (χ0v) is 15.8. The molecular weight excluding hydrogens is 328 g/mol. The van der Waals surface area contributed by atoms with Crippen molar-refractivity contribution in [1.82, 2.24) is 15.5 Å². The van der Waals surface area contributed by atoms with E-state index < -0.39 is 6.04 Å². The predicted molar refractivity (Wildman–Crippen MR) is 101 cm³/mol. The summed E-state index contributed by atoms with van der Waals surface area (Å²) in [6.45, 7) is 4.35. The lowest BCUT2D eigenvalue weighted by molar-refractivity contribution is -0.122. The molecule has 1 heterocycles. The van der Waals surface area contributed by atoms with Gasteiger partial charge in [-0.15, -0.1) is 0 Å². The molecule has 3 rings (SSSR count). The van der Waals surface area contributed by atoms with E-state index in [-0.39, 0.29) is 11.3 Å². The van der Waals surface area contributed by atoms with Crippen molar-refractivity contribution >= 4 is 5.91 Å². The summed E-state index contributed by atoms with van der Waals surface area (Å²) in [4.78, 5) is 12.7. The summed E-state index contributed by atoms with van der Waals surface area (Å²) in [5, 5.41) is 10.1. The number of amides is 1. The van der Waals surface area contributed by atoms with E-state index in [0.717, 1.165) is 35.5 Å². The quantitative estimate of drug-likeness (QED) is 0.742. The van der Waals surface area contributed by atoms with Gasteiger partial charge in [0.25, 0.3) is 0 Å². The topological polar surface area (TPSA) is 93.0 Å². The molecular formula is C20H28N4O2. The third-order valence-corrected chi connectivity index (χ3v) is 5.64. The van der Waals surface area contributed by atoms with Gasteiger partial charge in [-0.3, -0.25) is 9.89 Å². The van der Waals surface area contributed by atoms with Crippen LogP contribution >= 0.6 is 0 Å². The lowest BCUT2D eigenvalue weighted by Crippen LogP contribution is -2.43. The zero-order valence-electron chi connectivity index (χ0n) is 15.8. The van der Waals surface area contributed by atoms with E-state index >= 15 is 0 Å². The number of nitrogens with zero attached hydrogens (tertiary/aromatic N) is 1. The van der Waals surface area contributed by atoms with Crippen molar-refractivity contribution in [2.75, 3.05) is 13.7 Å². The molecule has 1 amide bonds. The minimum Gasteiger partial charge on any atom is -0.497 e. The first-order chi connectivity index (χ1) is 12.5. The molecule has 1 aromatic heterocycles. The van der Waals surface area contributed by atoms with Crippen LogP contribution in [0.5, 0.6) is 5.75 Å². The van der Waals surface area contributed by atoms with E-state index in [4.69, 9.17) is 10.5 Å². The molecule has 2 aromatic rings. The van der Waals surface area contributed by atoms with Gasteiger partial charge in [0.05, 0.1) is 12.8 Å². The number of nitrogens with one attached hydrogen (secondary N) is 2. The van der Waals surface area contributed by atoms with Crippen molar-refractivity contribution in [2.24, 2.45) is 5.73 Å². The summed E-state index contributed by atoms with van der Waals surface area (Å²) < 4.78 is 5.26. The van der Waals surface area contributed by atoms with Crippen molar-refractivity contribution < 1.29 is 9.53 Å². The lowest BCUT2D eigenvalue weighted by Gasteiger charge is -2.30. The highest BCUT2D eigenvalue weighted by Crippen LogP contribution is 2.41. The van der Waals surface area contributed by atoms with Crippen LogP contribution in [0.25, 0.3) is 0 Å². The first-order valence-electron chi connectivity index (χ1n) is 9.16. The minimum absolute atomic E-state index is 0.0257. The number of benzene rings is 1. The number of H-pyrrole nitrogens is 1. The third kappa shape index (κ3) is 3.46. The Morgan fingerprint density at radius 2 is 1.96 bits per heavy atom. The fourth-order valence-electron chi connectivity index (χ4n) is 4.08. The van der Waals surface area contributed by atoms with Crippen LogP contribution in [0.15, 0.2) is 24.3 Å². The molecule has 1 atom stereocenters. The highest BCUT2D eigenvalue weighted by atomic mass is 16.5. The van der Waals surface area contributed by atoms with E-state index in [9.17, 15) is 4.79 Å². The zero-order chi connectivity index (χ0) is 18.7. The summed E-state index contributed by atoms with van der Waals surface area (Å²) >= 11 is 0. The number of methoxy groups -OCH3 is 1. The SMILES string of the molecule is COc1ccc(C2(CNC(=O)C(N)c3c(C)n[nH]c3C)CCCC2)cc1. The van der Waals surface area contributed by atoms with E-state index in [2.05, 4.69) is 27.6 Å². The predicted octanol–water partition coefficient (Wildman–Crippen LogP) is 2.66. The van der Waals surface area contributed by atoms with Gasteiger partial charge >= 0.3 is 0 Å². The van der Waals surface area contributed by atoms with E-state index in [1.807, 2.05) is 26.0 Å². The number of aryl methyl sites for hydroxylation is 2. The molecule has 140 valence electrons. The Kier molecular flexibility index (Phi) is 5.32. The maximum absolute atomic E-state index is 12.7. The molecule has 6 nitrogen and oxygen atoms in total. The van der Waals surface area contributed by atoms with Gasteiger partial charge < -0.3 is 15.8 Å². The third-order valence-electron chi connectivity index (χ3n) is 5.64. The Morgan fingerprint density at radius 3 is 2.50 bits per heavy atom. The van der Waals surface area contributed by atoms with Gasteiger partial charge in [0.15, 0.2) is 0 Å². The molecule has 1 saturated carbocycles. The molecule has 0 bridgehead atoms. The number of hydrogen-bond donors (Lipinski definition) is 3. The molecule has 1 aliphatic carbocycles. The standard InChI is InChI=1S/C20H28N4O2/c1-13-17(14(2)24-23-13)18(21)19(25)22-12-20(10-4-5-11-20)15-6-8-16(26-3)9-7-15/h6-9,18H,4-5,10-12,21H2,1-3H3,(H,22,25)(H,23,24). The molecule has 26 heavy (non-hydrogen) atoms. The number of hydrogen-bond acceptors (Lipinski definition) is 4. The van der Waals surface area contributed by atoms with Crippen LogP contribution in [0.2, 0.25) is 0 Å². The van der Waals surface area contributed by atoms with Gasteiger partial charge in [0.2, 0.25) is 5.91 Å². The summed E-state index contributed by atoms with van der Waals surface area (Å²) in [5.74, 6) is 0.691. The fourth-order valence-corrected chi connectivity index (χ4v) is 4.08. The largest absolute Gasteiger partial charge is 0.497 e. The Balaban J connectivity index is 1.73. The monoisotopic (exact) mass is 356 g/mol. The second kappa shape index (κ2) is 7.50. The maximum Gasteiger partial charge on any atom is 0.241 e. The Morgan fingerprint density at radius 1 is 1.31 bits per heavy atom. The molecule has 1 fully saturated rings. The molecule has 0 aliphatic heterocycles. The number of nitrogens with two attached hydrogens (primary N) is 1. The van der Waals surface area contributed by atoms with Gasteiger partial charge in [-0.25, -0.2) is 0 Å². The average Bonchev–Trinajstić information content (AvgIpc) is 3.27. The van der Waals surface area contributed by atoms with Crippen molar-refractivity contribution in [2.45, 2.75) is 51.0 Å². The molecule has 0 spiro atoms. The summed E-state index contributed by atoms with van der Waals surface area (Å²) in [6, 6.07) is 7.49. The van der Waals surface area contributed by atoms with Crippen LogP contribution in [-0.4, -0.2) is 29.8 Å². The second-order valence-electron chi connectivity index (χ2n) is 7.26. The van der Waals surface area contributed by atoms with Crippen molar-refractivity contribution in [3.05, 3.63) is 46.8 Å². The smallest absolute Gasteiger partial charge is 0.241 e. The highest BCUT2D eigenvalue weighted by Gasteiger charge is 2.36.